The number of nitrogens with one attached hydrogen (secondary N) is 1. The first-order valence-corrected chi connectivity index (χ1v) is 9.99. The predicted octanol–water partition coefficient (Wildman–Crippen LogP) is 2.27. The number of hydrogen-bond acceptors (Lipinski definition) is 4. The van der Waals surface area contributed by atoms with Gasteiger partial charge in [-0.3, -0.25) is 0 Å². The number of β-amino-alcohol motifs (C(OH)–C–C–N with tert-alkyl or cyclic N) is 1. The summed E-state index contributed by atoms with van der Waals surface area (Å²) in [5.41, 5.74) is 2.12. The Balaban J connectivity index is 1.46. The minimum atomic E-state index is -0.389. The van der Waals surface area contributed by atoms with Crippen LogP contribution in [0.1, 0.15) is 18.4 Å². The van der Waals surface area contributed by atoms with Crippen molar-refractivity contribution in [3.8, 4) is 0 Å². The maximum Gasteiger partial charge on any atom is 0.321 e. The molecule has 2 saturated heterocycles. The number of nitrogens with zero attached hydrogens (tertiary/aromatic N) is 2. The molecule has 0 saturated carbocycles. The largest absolute Gasteiger partial charge is 0.391 e. The maximum atomic E-state index is 12.2. The second-order valence-electron chi connectivity index (χ2n) is 6.57. The number of aliphatic hydroxyl groups is 1. The molecule has 2 heterocycles. The summed E-state index contributed by atoms with van der Waals surface area (Å²) in [6.45, 7) is 4.64. The molecule has 2 N–H and O–H groups in total. The molecular formula is C18H27N3O2S. The molecule has 2 fully saturated rings. The zero-order valence-corrected chi connectivity index (χ0v) is 14.9. The molecule has 2 amide bonds. The molecule has 0 spiro atoms. The Bertz CT molecular complexity index is 532. The van der Waals surface area contributed by atoms with Gasteiger partial charge >= 0.3 is 6.03 Å². The normalized spacial score (nSPS) is 22.4. The second-order valence-corrected chi connectivity index (χ2v) is 7.80. The molecule has 132 valence electrons. The van der Waals surface area contributed by atoms with Gasteiger partial charge in [-0.15, -0.1) is 0 Å². The van der Waals surface area contributed by atoms with Gasteiger partial charge < -0.3 is 20.2 Å². The molecule has 0 aliphatic carbocycles. The molecule has 1 atom stereocenters. The maximum absolute atomic E-state index is 12.2. The Morgan fingerprint density at radius 3 is 2.67 bits per heavy atom. The van der Waals surface area contributed by atoms with Crippen LogP contribution in [0.5, 0.6) is 0 Å². The van der Waals surface area contributed by atoms with E-state index < -0.39 is 0 Å². The molecule has 1 aromatic rings. The number of carbonyl (C=O) groups is 1. The molecule has 5 nitrogen and oxygen atoms in total. The first-order valence-electron chi connectivity index (χ1n) is 8.84. The van der Waals surface area contributed by atoms with E-state index in [1.54, 1.807) is 4.90 Å². The Labute approximate surface area is 148 Å². The van der Waals surface area contributed by atoms with Crippen LogP contribution < -0.4 is 5.32 Å². The summed E-state index contributed by atoms with van der Waals surface area (Å²) in [6, 6.07) is 8.02. The topological polar surface area (TPSA) is 55.8 Å². The monoisotopic (exact) mass is 349 g/mol. The van der Waals surface area contributed by atoms with E-state index in [2.05, 4.69) is 22.3 Å². The molecule has 2 aliphatic heterocycles. The number of carbonyl (C=O) groups excluding carboxylic acids is 1. The smallest absolute Gasteiger partial charge is 0.321 e. The summed E-state index contributed by atoms with van der Waals surface area (Å²) in [5, 5.41) is 12.6. The van der Waals surface area contributed by atoms with E-state index in [0.717, 1.165) is 38.0 Å². The number of benzene rings is 1. The van der Waals surface area contributed by atoms with Gasteiger partial charge in [0.2, 0.25) is 0 Å². The first kappa shape index (κ1) is 17.6. The highest BCUT2D eigenvalue weighted by Gasteiger charge is 2.21. The third-order valence-corrected chi connectivity index (χ3v) is 5.65. The molecule has 0 unspecified atom stereocenters. The summed E-state index contributed by atoms with van der Waals surface area (Å²) in [4.78, 5) is 16.4. The van der Waals surface area contributed by atoms with Crippen molar-refractivity contribution in [1.29, 1.82) is 0 Å². The van der Waals surface area contributed by atoms with Crippen LogP contribution in [0.15, 0.2) is 24.3 Å². The van der Waals surface area contributed by atoms with Gasteiger partial charge in [0.1, 0.15) is 0 Å². The van der Waals surface area contributed by atoms with Crippen molar-refractivity contribution in [2.24, 2.45) is 0 Å². The number of anilines is 1. The average molecular weight is 350 g/mol. The van der Waals surface area contributed by atoms with Crippen LogP contribution in [0, 0.1) is 0 Å². The minimum Gasteiger partial charge on any atom is -0.391 e. The minimum absolute atomic E-state index is 0.118. The van der Waals surface area contributed by atoms with Crippen molar-refractivity contribution in [3.63, 3.8) is 0 Å². The van der Waals surface area contributed by atoms with E-state index in [4.69, 9.17) is 0 Å². The van der Waals surface area contributed by atoms with Crippen LogP contribution in [0.3, 0.4) is 0 Å². The summed E-state index contributed by atoms with van der Waals surface area (Å²) in [6.07, 6.45) is 2.31. The lowest BCUT2D eigenvalue weighted by Gasteiger charge is -2.30. The summed E-state index contributed by atoms with van der Waals surface area (Å²) < 4.78 is 0. The standard InChI is InChI=1S/C18H27N3O2S/c22-17-2-1-8-21(14-17)18(23)19-16-5-3-15(4-6-16)7-9-20-10-12-24-13-11-20/h3-6,17,22H,1-2,7-14H2,(H,19,23)/t17-/m1/s1. The highest BCUT2D eigenvalue weighted by molar-refractivity contribution is 7.99. The van der Waals surface area contributed by atoms with E-state index in [1.807, 2.05) is 23.9 Å². The summed E-state index contributed by atoms with van der Waals surface area (Å²) in [7, 11) is 0. The number of amides is 2. The molecule has 0 aromatic heterocycles. The van der Waals surface area contributed by atoms with Crippen molar-refractivity contribution in [1.82, 2.24) is 9.80 Å². The molecule has 2 aliphatic rings. The fourth-order valence-corrected chi connectivity index (χ4v) is 4.19. The van der Waals surface area contributed by atoms with Crippen molar-refractivity contribution in [2.75, 3.05) is 49.5 Å². The third-order valence-electron chi connectivity index (χ3n) is 4.71. The molecule has 24 heavy (non-hydrogen) atoms. The van der Waals surface area contributed by atoms with E-state index in [-0.39, 0.29) is 12.1 Å². The number of urea groups is 1. The summed E-state index contributed by atoms with van der Waals surface area (Å²) >= 11 is 2.04. The van der Waals surface area contributed by atoms with Gasteiger partial charge in [0.05, 0.1) is 6.10 Å². The van der Waals surface area contributed by atoms with Crippen LogP contribution >= 0.6 is 11.8 Å². The Hall–Kier alpha value is -1.24. The van der Waals surface area contributed by atoms with E-state index >= 15 is 0 Å². The zero-order chi connectivity index (χ0) is 16.8. The Morgan fingerprint density at radius 2 is 1.96 bits per heavy atom. The lowest BCUT2D eigenvalue weighted by molar-refractivity contribution is 0.0883. The van der Waals surface area contributed by atoms with E-state index in [0.29, 0.717) is 6.54 Å². The van der Waals surface area contributed by atoms with Gasteiger partial charge in [0.25, 0.3) is 0 Å². The summed E-state index contributed by atoms with van der Waals surface area (Å²) in [5.74, 6) is 2.49. The predicted molar refractivity (Wildman–Crippen MR) is 99.7 cm³/mol. The molecular weight excluding hydrogens is 322 g/mol. The number of piperidine rings is 1. The number of likely N-dealkylation sites (tertiary alicyclic amines) is 1. The lowest BCUT2D eigenvalue weighted by atomic mass is 10.1. The molecule has 0 radical (unpaired) electrons. The third kappa shape index (κ3) is 5.13. The average Bonchev–Trinajstić information content (AvgIpc) is 2.62. The number of aliphatic hydroxyl groups excluding tert-OH is 1. The number of hydrogen-bond donors (Lipinski definition) is 2. The fraction of sp³-hybridized carbons (Fsp3) is 0.611. The van der Waals surface area contributed by atoms with Crippen molar-refractivity contribution < 1.29 is 9.90 Å². The van der Waals surface area contributed by atoms with E-state index in [1.165, 1.54) is 30.2 Å². The van der Waals surface area contributed by atoms with Gasteiger partial charge in [-0.1, -0.05) is 12.1 Å². The first-order chi connectivity index (χ1) is 11.7. The van der Waals surface area contributed by atoms with Crippen molar-refractivity contribution in [2.45, 2.75) is 25.4 Å². The van der Waals surface area contributed by atoms with Gasteiger partial charge in [-0.2, -0.15) is 11.8 Å². The lowest BCUT2D eigenvalue weighted by Crippen LogP contribution is -2.44. The van der Waals surface area contributed by atoms with Gasteiger partial charge in [0.15, 0.2) is 0 Å². The van der Waals surface area contributed by atoms with Crippen molar-refractivity contribution >= 4 is 23.5 Å². The van der Waals surface area contributed by atoms with Crippen LogP contribution in [-0.2, 0) is 6.42 Å². The highest BCUT2D eigenvalue weighted by atomic mass is 32.2. The van der Waals surface area contributed by atoms with Crippen LogP contribution in [-0.4, -0.2) is 71.3 Å². The second kappa shape index (κ2) is 8.74. The van der Waals surface area contributed by atoms with Crippen molar-refractivity contribution in [3.05, 3.63) is 29.8 Å². The van der Waals surface area contributed by atoms with Crippen LogP contribution in [0.25, 0.3) is 0 Å². The number of rotatable bonds is 4. The Kier molecular flexibility index (Phi) is 6.40. The molecule has 3 rings (SSSR count). The molecule has 0 bridgehead atoms. The fourth-order valence-electron chi connectivity index (χ4n) is 3.21. The quantitative estimate of drug-likeness (QED) is 0.876. The van der Waals surface area contributed by atoms with Crippen LogP contribution in [0.2, 0.25) is 0 Å². The highest BCUT2D eigenvalue weighted by Crippen LogP contribution is 2.15. The molecule has 1 aromatic carbocycles. The molecule has 6 heteroatoms. The number of thioether (sulfide) groups is 1. The zero-order valence-electron chi connectivity index (χ0n) is 14.1. The van der Waals surface area contributed by atoms with E-state index in [9.17, 15) is 9.90 Å². The van der Waals surface area contributed by atoms with Gasteiger partial charge in [-0.25, -0.2) is 4.79 Å². The Morgan fingerprint density at radius 1 is 1.21 bits per heavy atom. The SMILES string of the molecule is O=C(Nc1ccc(CCN2CCSCC2)cc1)N1CCC[C@@H](O)C1. The van der Waals surface area contributed by atoms with Crippen LogP contribution in [0.4, 0.5) is 10.5 Å². The van der Waals surface area contributed by atoms with Gasteiger partial charge in [0, 0.05) is 49.9 Å². The van der Waals surface area contributed by atoms with Gasteiger partial charge in [-0.05, 0) is 37.0 Å².